The van der Waals surface area contributed by atoms with E-state index in [0.29, 0.717) is 29.7 Å². The summed E-state index contributed by atoms with van der Waals surface area (Å²) >= 11 is 3.16. The topological polar surface area (TPSA) is 20.3 Å². The first-order valence-electron chi connectivity index (χ1n) is 5.41. The van der Waals surface area contributed by atoms with Crippen molar-refractivity contribution >= 4 is 27.4 Å². The minimum atomic E-state index is -0.612. The van der Waals surface area contributed by atoms with E-state index in [-0.39, 0.29) is 11.7 Å². The van der Waals surface area contributed by atoms with Crippen LogP contribution < -0.4 is 4.90 Å². The number of Topliss-reactive ketones (excluding diaryl/α,β-unsaturated/α-hetero) is 1. The van der Waals surface area contributed by atoms with Crippen LogP contribution in [0, 0.1) is 17.6 Å². The molecule has 17 heavy (non-hydrogen) atoms. The maximum atomic E-state index is 13.7. The lowest BCUT2D eigenvalue weighted by Crippen LogP contribution is -2.40. The maximum Gasteiger partial charge on any atom is 0.150 e. The van der Waals surface area contributed by atoms with Gasteiger partial charge in [0.05, 0.1) is 5.69 Å². The average Bonchev–Trinajstić information content (AvgIpc) is 2.21. The maximum absolute atomic E-state index is 13.7. The fraction of sp³-hybridized carbons (Fsp3) is 0.417. The van der Waals surface area contributed by atoms with Crippen molar-refractivity contribution in [2.45, 2.75) is 13.3 Å². The van der Waals surface area contributed by atoms with Gasteiger partial charge in [-0.25, -0.2) is 8.78 Å². The summed E-state index contributed by atoms with van der Waals surface area (Å²) in [5.41, 5.74) is 0.339. The van der Waals surface area contributed by atoms with Crippen LogP contribution in [0.3, 0.4) is 0 Å². The zero-order chi connectivity index (χ0) is 12.6. The minimum Gasteiger partial charge on any atom is -0.367 e. The van der Waals surface area contributed by atoms with E-state index in [9.17, 15) is 13.6 Å². The Morgan fingerprint density at radius 1 is 1.41 bits per heavy atom. The summed E-state index contributed by atoms with van der Waals surface area (Å²) < 4.78 is 27.1. The SMILES string of the molecule is CC1CN(c2c(F)cc(F)cc2Br)CCC1=O. The van der Waals surface area contributed by atoms with E-state index in [1.54, 1.807) is 4.90 Å². The van der Waals surface area contributed by atoms with E-state index >= 15 is 0 Å². The van der Waals surface area contributed by atoms with Gasteiger partial charge in [0, 0.05) is 36.0 Å². The minimum absolute atomic E-state index is 0.111. The summed E-state index contributed by atoms with van der Waals surface area (Å²) in [6.45, 7) is 2.77. The first-order chi connectivity index (χ1) is 7.99. The first-order valence-corrected chi connectivity index (χ1v) is 6.20. The Balaban J connectivity index is 2.32. The van der Waals surface area contributed by atoms with Crippen molar-refractivity contribution in [1.29, 1.82) is 0 Å². The van der Waals surface area contributed by atoms with Gasteiger partial charge in [-0.3, -0.25) is 4.79 Å². The number of piperidine rings is 1. The van der Waals surface area contributed by atoms with E-state index in [0.717, 1.165) is 6.07 Å². The lowest BCUT2D eigenvalue weighted by Gasteiger charge is -2.32. The molecular weight excluding hydrogens is 292 g/mol. The molecule has 5 heteroatoms. The molecule has 1 heterocycles. The van der Waals surface area contributed by atoms with E-state index in [4.69, 9.17) is 0 Å². The Hall–Kier alpha value is -0.970. The molecule has 0 bridgehead atoms. The molecule has 1 aliphatic heterocycles. The van der Waals surface area contributed by atoms with Crippen molar-refractivity contribution in [3.8, 4) is 0 Å². The lowest BCUT2D eigenvalue weighted by molar-refractivity contribution is -0.122. The third-order valence-corrected chi connectivity index (χ3v) is 3.57. The van der Waals surface area contributed by atoms with Gasteiger partial charge in [0.25, 0.3) is 0 Å². The molecule has 0 aromatic heterocycles. The molecule has 0 N–H and O–H groups in total. The van der Waals surface area contributed by atoms with Gasteiger partial charge in [-0.1, -0.05) is 6.92 Å². The molecule has 0 aliphatic carbocycles. The highest BCUT2D eigenvalue weighted by Crippen LogP contribution is 2.32. The molecule has 0 amide bonds. The van der Waals surface area contributed by atoms with Gasteiger partial charge in [-0.05, 0) is 22.0 Å². The predicted octanol–water partition coefficient (Wildman–Crippen LogP) is 3.14. The fourth-order valence-electron chi connectivity index (χ4n) is 2.06. The molecular formula is C12H12BrF2NO. The number of carbonyl (C=O) groups is 1. The lowest BCUT2D eigenvalue weighted by atomic mass is 9.98. The van der Waals surface area contributed by atoms with Crippen LogP contribution in [-0.2, 0) is 4.79 Å². The summed E-state index contributed by atoms with van der Waals surface area (Å²) in [5.74, 6) is -1.13. The van der Waals surface area contributed by atoms with Crippen LogP contribution in [0.1, 0.15) is 13.3 Å². The van der Waals surface area contributed by atoms with Gasteiger partial charge in [0.1, 0.15) is 11.6 Å². The number of hydrogen-bond acceptors (Lipinski definition) is 2. The number of carbonyl (C=O) groups excluding carboxylic acids is 1. The van der Waals surface area contributed by atoms with Crippen molar-refractivity contribution in [2.24, 2.45) is 5.92 Å². The Morgan fingerprint density at radius 2 is 2.12 bits per heavy atom. The highest BCUT2D eigenvalue weighted by Gasteiger charge is 2.26. The van der Waals surface area contributed by atoms with Crippen LogP contribution in [0.5, 0.6) is 0 Å². The average molecular weight is 304 g/mol. The van der Waals surface area contributed by atoms with Crippen molar-refractivity contribution in [2.75, 3.05) is 18.0 Å². The summed E-state index contributed by atoms with van der Waals surface area (Å²) in [4.78, 5) is 13.2. The zero-order valence-electron chi connectivity index (χ0n) is 9.34. The summed E-state index contributed by atoms with van der Waals surface area (Å²) in [5, 5.41) is 0. The molecule has 1 atom stereocenters. The van der Waals surface area contributed by atoms with E-state index in [1.807, 2.05) is 6.92 Å². The quantitative estimate of drug-likeness (QED) is 0.794. The number of ketones is 1. The highest BCUT2D eigenvalue weighted by molar-refractivity contribution is 9.10. The van der Waals surface area contributed by atoms with E-state index in [1.165, 1.54) is 6.07 Å². The van der Waals surface area contributed by atoms with Crippen LogP contribution in [0.25, 0.3) is 0 Å². The second-order valence-corrected chi connectivity index (χ2v) is 5.14. The van der Waals surface area contributed by atoms with Gasteiger partial charge in [-0.2, -0.15) is 0 Å². The van der Waals surface area contributed by atoms with Gasteiger partial charge < -0.3 is 4.90 Å². The molecule has 1 aliphatic rings. The monoisotopic (exact) mass is 303 g/mol. The van der Waals surface area contributed by atoms with Crippen LogP contribution in [0.4, 0.5) is 14.5 Å². The largest absolute Gasteiger partial charge is 0.367 e. The third-order valence-electron chi connectivity index (χ3n) is 2.97. The Morgan fingerprint density at radius 3 is 2.71 bits per heavy atom. The highest BCUT2D eigenvalue weighted by atomic mass is 79.9. The van der Waals surface area contributed by atoms with E-state index in [2.05, 4.69) is 15.9 Å². The molecule has 0 spiro atoms. The standard InChI is InChI=1S/C12H12BrF2NO/c1-7-6-16(3-2-11(7)17)12-9(13)4-8(14)5-10(12)15/h4-5,7H,2-3,6H2,1H3. The summed E-state index contributed by atoms with van der Waals surface area (Å²) in [6, 6.07) is 2.10. The Kier molecular flexibility index (Phi) is 3.47. The first kappa shape index (κ1) is 12.5. The normalized spacial score (nSPS) is 20.8. The van der Waals surface area contributed by atoms with Crippen LogP contribution in [0.2, 0.25) is 0 Å². The van der Waals surface area contributed by atoms with Gasteiger partial charge in [-0.15, -0.1) is 0 Å². The number of nitrogens with zero attached hydrogens (tertiary/aromatic N) is 1. The molecule has 1 saturated heterocycles. The second-order valence-electron chi connectivity index (χ2n) is 4.28. The molecule has 1 unspecified atom stereocenters. The van der Waals surface area contributed by atoms with Crippen LogP contribution in [0.15, 0.2) is 16.6 Å². The number of anilines is 1. The van der Waals surface area contributed by atoms with Gasteiger partial charge in [0.2, 0.25) is 0 Å². The zero-order valence-corrected chi connectivity index (χ0v) is 10.9. The molecule has 2 nitrogen and oxygen atoms in total. The molecule has 0 radical (unpaired) electrons. The molecule has 2 rings (SSSR count). The van der Waals surface area contributed by atoms with E-state index < -0.39 is 11.6 Å². The number of rotatable bonds is 1. The number of halogens is 3. The fourth-order valence-corrected chi connectivity index (χ4v) is 2.71. The smallest absolute Gasteiger partial charge is 0.150 e. The molecule has 1 aromatic carbocycles. The molecule has 1 aromatic rings. The second kappa shape index (κ2) is 4.72. The molecule has 92 valence electrons. The van der Waals surface area contributed by atoms with Crippen LogP contribution in [-0.4, -0.2) is 18.9 Å². The summed E-state index contributed by atoms with van der Waals surface area (Å²) in [7, 11) is 0. The number of hydrogen-bond donors (Lipinski definition) is 0. The van der Waals surface area contributed by atoms with Crippen molar-refractivity contribution in [3.63, 3.8) is 0 Å². The van der Waals surface area contributed by atoms with Crippen molar-refractivity contribution < 1.29 is 13.6 Å². The van der Waals surface area contributed by atoms with Gasteiger partial charge in [0.15, 0.2) is 5.82 Å². The Bertz CT molecular complexity index is 441. The summed E-state index contributed by atoms with van der Waals surface area (Å²) in [6.07, 6.45) is 0.407. The predicted molar refractivity (Wildman–Crippen MR) is 65.1 cm³/mol. The molecule has 0 saturated carbocycles. The van der Waals surface area contributed by atoms with Crippen LogP contribution >= 0.6 is 15.9 Å². The third kappa shape index (κ3) is 2.49. The van der Waals surface area contributed by atoms with Crippen molar-refractivity contribution in [3.05, 3.63) is 28.2 Å². The molecule has 1 fully saturated rings. The number of benzene rings is 1. The van der Waals surface area contributed by atoms with Crippen molar-refractivity contribution in [1.82, 2.24) is 0 Å². The van der Waals surface area contributed by atoms with Gasteiger partial charge >= 0.3 is 0 Å². The Labute approximate surface area is 107 Å².